The van der Waals surface area contributed by atoms with Crippen LogP contribution >= 0.6 is 0 Å². The number of fused-ring (bicyclic) bond motifs is 1. The van der Waals surface area contributed by atoms with Crippen LogP contribution in [0.2, 0.25) is 0 Å². The highest BCUT2D eigenvalue weighted by molar-refractivity contribution is 6.02. The highest BCUT2D eigenvalue weighted by Crippen LogP contribution is 2.36. The van der Waals surface area contributed by atoms with Gasteiger partial charge in [-0.2, -0.15) is 0 Å². The van der Waals surface area contributed by atoms with Crippen molar-refractivity contribution in [3.8, 4) is 0 Å². The zero-order valence-corrected chi connectivity index (χ0v) is 10.9. The summed E-state index contributed by atoms with van der Waals surface area (Å²) in [5, 5.41) is 9.12. The molecule has 1 aromatic carbocycles. The standard InChI is InChI=1S/C14H20N2O2/c1-14(2,5-6-17)16-12-4-3-10(9-15)7-11(12)8-13(16)18/h3-4,7,17H,5-6,8-9,15H2,1-2H3. The van der Waals surface area contributed by atoms with Gasteiger partial charge in [0.25, 0.3) is 0 Å². The van der Waals surface area contributed by atoms with Crippen LogP contribution in [0.25, 0.3) is 0 Å². The molecule has 2 rings (SSSR count). The predicted molar refractivity (Wildman–Crippen MR) is 71.3 cm³/mol. The van der Waals surface area contributed by atoms with Crippen molar-refractivity contribution in [3.63, 3.8) is 0 Å². The minimum absolute atomic E-state index is 0.0764. The maximum atomic E-state index is 12.2. The van der Waals surface area contributed by atoms with Crippen LogP contribution in [0.1, 0.15) is 31.4 Å². The molecule has 0 aliphatic carbocycles. The molecule has 0 unspecified atom stereocenters. The summed E-state index contributed by atoms with van der Waals surface area (Å²) < 4.78 is 0. The Hall–Kier alpha value is -1.39. The number of carbonyl (C=O) groups excluding carboxylic acids is 1. The monoisotopic (exact) mass is 248 g/mol. The fourth-order valence-electron chi connectivity index (χ4n) is 2.55. The highest BCUT2D eigenvalue weighted by atomic mass is 16.3. The smallest absolute Gasteiger partial charge is 0.231 e. The van der Waals surface area contributed by atoms with E-state index in [1.807, 2.05) is 32.0 Å². The molecule has 0 spiro atoms. The Morgan fingerprint density at radius 1 is 1.44 bits per heavy atom. The Morgan fingerprint density at radius 2 is 2.17 bits per heavy atom. The molecule has 0 bridgehead atoms. The normalized spacial score (nSPS) is 15.1. The minimum atomic E-state index is -0.360. The minimum Gasteiger partial charge on any atom is -0.396 e. The van der Waals surface area contributed by atoms with Gasteiger partial charge in [0.05, 0.1) is 6.42 Å². The molecule has 1 heterocycles. The number of nitrogens with two attached hydrogens (primary N) is 1. The van der Waals surface area contributed by atoms with E-state index in [-0.39, 0.29) is 18.1 Å². The van der Waals surface area contributed by atoms with Crippen molar-refractivity contribution in [2.45, 2.75) is 38.8 Å². The number of rotatable bonds is 4. The fraction of sp³-hybridized carbons (Fsp3) is 0.500. The number of benzene rings is 1. The number of hydrogen-bond donors (Lipinski definition) is 2. The third kappa shape index (κ3) is 2.13. The number of aliphatic hydroxyl groups is 1. The number of anilines is 1. The molecule has 1 aliphatic rings. The lowest BCUT2D eigenvalue weighted by Crippen LogP contribution is -2.46. The molecule has 98 valence electrons. The van der Waals surface area contributed by atoms with Gasteiger partial charge in [0.15, 0.2) is 0 Å². The molecule has 1 aromatic rings. The summed E-state index contributed by atoms with van der Waals surface area (Å²) in [4.78, 5) is 14.0. The van der Waals surface area contributed by atoms with Crippen molar-refractivity contribution in [3.05, 3.63) is 29.3 Å². The SMILES string of the molecule is CC(C)(CCO)N1C(=O)Cc2cc(CN)ccc21. The number of amides is 1. The first kappa shape index (κ1) is 13.1. The third-order valence-electron chi connectivity index (χ3n) is 3.54. The van der Waals surface area contributed by atoms with Gasteiger partial charge in [-0.25, -0.2) is 0 Å². The summed E-state index contributed by atoms with van der Waals surface area (Å²) in [6.07, 6.45) is 0.995. The van der Waals surface area contributed by atoms with E-state index in [0.717, 1.165) is 16.8 Å². The van der Waals surface area contributed by atoms with Crippen molar-refractivity contribution in [2.24, 2.45) is 5.73 Å². The molecule has 1 aliphatic heterocycles. The van der Waals surface area contributed by atoms with Gasteiger partial charge in [-0.15, -0.1) is 0 Å². The molecule has 0 aromatic heterocycles. The van der Waals surface area contributed by atoms with Crippen LogP contribution in [0, 0.1) is 0 Å². The summed E-state index contributed by atoms with van der Waals surface area (Å²) in [6.45, 7) is 4.52. The second kappa shape index (κ2) is 4.71. The quantitative estimate of drug-likeness (QED) is 0.841. The number of aliphatic hydroxyl groups excluding tert-OH is 1. The second-order valence-electron chi connectivity index (χ2n) is 5.36. The van der Waals surface area contributed by atoms with Gasteiger partial charge < -0.3 is 15.7 Å². The van der Waals surface area contributed by atoms with Gasteiger partial charge in [-0.05, 0) is 37.5 Å². The lowest BCUT2D eigenvalue weighted by molar-refractivity contribution is -0.118. The molecule has 1 amide bonds. The molecule has 4 nitrogen and oxygen atoms in total. The largest absolute Gasteiger partial charge is 0.396 e. The third-order valence-corrected chi connectivity index (χ3v) is 3.54. The lowest BCUT2D eigenvalue weighted by Gasteiger charge is -2.35. The van der Waals surface area contributed by atoms with E-state index < -0.39 is 0 Å². The van der Waals surface area contributed by atoms with Crippen LogP contribution < -0.4 is 10.6 Å². The highest BCUT2D eigenvalue weighted by Gasteiger charge is 2.37. The van der Waals surface area contributed by atoms with Gasteiger partial charge in [-0.3, -0.25) is 4.79 Å². The zero-order chi connectivity index (χ0) is 13.3. The van der Waals surface area contributed by atoms with Gasteiger partial charge >= 0.3 is 0 Å². The first-order valence-electron chi connectivity index (χ1n) is 6.25. The summed E-state index contributed by atoms with van der Waals surface area (Å²) in [6, 6.07) is 5.92. The maximum absolute atomic E-state index is 12.2. The Morgan fingerprint density at radius 3 is 2.78 bits per heavy atom. The first-order chi connectivity index (χ1) is 8.49. The van der Waals surface area contributed by atoms with Gasteiger partial charge in [0, 0.05) is 24.4 Å². The number of nitrogens with zero attached hydrogens (tertiary/aromatic N) is 1. The lowest BCUT2D eigenvalue weighted by atomic mass is 9.98. The first-order valence-corrected chi connectivity index (χ1v) is 6.25. The van der Waals surface area contributed by atoms with Gasteiger partial charge in [0.2, 0.25) is 5.91 Å². The molecule has 0 saturated carbocycles. The summed E-state index contributed by atoms with van der Waals surface area (Å²) in [7, 11) is 0. The summed E-state index contributed by atoms with van der Waals surface area (Å²) >= 11 is 0. The second-order valence-corrected chi connectivity index (χ2v) is 5.36. The molecular formula is C14H20N2O2. The number of hydrogen-bond acceptors (Lipinski definition) is 3. The predicted octanol–water partition coefficient (Wildman–Crippen LogP) is 1.20. The zero-order valence-electron chi connectivity index (χ0n) is 10.9. The van der Waals surface area contributed by atoms with Gasteiger partial charge in [-0.1, -0.05) is 12.1 Å². The van der Waals surface area contributed by atoms with Crippen LogP contribution in [0.3, 0.4) is 0 Å². The Balaban J connectivity index is 2.39. The van der Waals surface area contributed by atoms with Crippen LogP contribution in [-0.4, -0.2) is 23.2 Å². The van der Waals surface area contributed by atoms with E-state index in [2.05, 4.69) is 0 Å². The molecule has 18 heavy (non-hydrogen) atoms. The van der Waals surface area contributed by atoms with Crippen molar-refractivity contribution in [2.75, 3.05) is 11.5 Å². The molecule has 0 fully saturated rings. The van der Waals surface area contributed by atoms with E-state index in [0.29, 0.717) is 19.4 Å². The topological polar surface area (TPSA) is 66.6 Å². The maximum Gasteiger partial charge on any atom is 0.231 e. The molecular weight excluding hydrogens is 228 g/mol. The van der Waals surface area contributed by atoms with Crippen molar-refractivity contribution in [1.82, 2.24) is 0 Å². The summed E-state index contributed by atoms with van der Waals surface area (Å²) in [5.41, 5.74) is 8.29. The Bertz CT molecular complexity index is 469. The molecule has 0 saturated heterocycles. The molecule has 0 atom stereocenters. The average molecular weight is 248 g/mol. The number of carbonyl (C=O) groups is 1. The molecule has 4 heteroatoms. The average Bonchev–Trinajstić information content (AvgIpc) is 2.64. The van der Waals surface area contributed by atoms with E-state index in [4.69, 9.17) is 10.8 Å². The Kier molecular flexibility index (Phi) is 3.41. The fourth-order valence-corrected chi connectivity index (χ4v) is 2.55. The van der Waals surface area contributed by atoms with Crippen LogP contribution in [0.15, 0.2) is 18.2 Å². The van der Waals surface area contributed by atoms with Crippen molar-refractivity contribution >= 4 is 11.6 Å². The van der Waals surface area contributed by atoms with Crippen LogP contribution in [0.4, 0.5) is 5.69 Å². The summed E-state index contributed by atoms with van der Waals surface area (Å²) in [5.74, 6) is 0.0950. The van der Waals surface area contributed by atoms with E-state index >= 15 is 0 Å². The van der Waals surface area contributed by atoms with Gasteiger partial charge in [0.1, 0.15) is 0 Å². The van der Waals surface area contributed by atoms with Crippen LogP contribution in [-0.2, 0) is 17.8 Å². The molecule has 3 N–H and O–H groups in total. The van der Waals surface area contributed by atoms with Crippen LogP contribution in [0.5, 0.6) is 0 Å². The van der Waals surface area contributed by atoms with E-state index in [1.165, 1.54) is 0 Å². The van der Waals surface area contributed by atoms with E-state index in [1.54, 1.807) is 4.90 Å². The van der Waals surface area contributed by atoms with Crippen molar-refractivity contribution < 1.29 is 9.90 Å². The van der Waals surface area contributed by atoms with Crippen molar-refractivity contribution in [1.29, 1.82) is 0 Å². The molecule has 0 radical (unpaired) electrons. The van der Waals surface area contributed by atoms with E-state index in [9.17, 15) is 4.79 Å². The Labute approximate surface area is 107 Å².